The van der Waals surface area contributed by atoms with Gasteiger partial charge in [0.25, 0.3) is 0 Å². The zero-order valence-corrected chi connectivity index (χ0v) is 13.3. The number of nitrogens with one attached hydrogen (secondary N) is 1. The van der Waals surface area contributed by atoms with Crippen molar-refractivity contribution in [1.82, 2.24) is 10.3 Å². The second-order valence-corrected chi connectivity index (χ2v) is 4.98. The van der Waals surface area contributed by atoms with Crippen molar-refractivity contribution >= 4 is 12.1 Å². The smallest absolute Gasteiger partial charge is 0.412 e. The van der Waals surface area contributed by atoms with Gasteiger partial charge in [-0.05, 0) is 31.2 Å². The average Bonchev–Trinajstić information content (AvgIpc) is 2.59. The van der Waals surface area contributed by atoms with Crippen LogP contribution in [0.3, 0.4) is 0 Å². The number of carbonyl (C=O) groups excluding carboxylic acids is 2. The van der Waals surface area contributed by atoms with Gasteiger partial charge in [-0.25, -0.2) is 9.59 Å². The Kier molecular flexibility index (Phi) is 6.08. The molecular formula is C18H18N2O4. The van der Waals surface area contributed by atoms with E-state index in [9.17, 15) is 9.59 Å². The summed E-state index contributed by atoms with van der Waals surface area (Å²) in [6.07, 6.45) is 1.07. The van der Waals surface area contributed by atoms with Crippen molar-refractivity contribution in [3.8, 4) is 17.0 Å². The quantitative estimate of drug-likeness (QED) is 0.502. The Bertz CT molecular complexity index is 729. The van der Waals surface area contributed by atoms with Crippen molar-refractivity contribution in [2.45, 2.75) is 6.92 Å². The highest BCUT2D eigenvalue weighted by atomic mass is 16.6. The van der Waals surface area contributed by atoms with Crippen LogP contribution in [-0.2, 0) is 9.53 Å². The van der Waals surface area contributed by atoms with Gasteiger partial charge in [0.1, 0.15) is 12.4 Å². The van der Waals surface area contributed by atoms with Gasteiger partial charge >= 0.3 is 12.1 Å². The van der Waals surface area contributed by atoms with E-state index in [1.807, 2.05) is 24.3 Å². The minimum Gasteiger partial charge on any atom is -0.460 e. The van der Waals surface area contributed by atoms with Gasteiger partial charge < -0.3 is 14.8 Å². The third-order valence-corrected chi connectivity index (χ3v) is 2.96. The molecule has 1 aromatic heterocycles. The van der Waals surface area contributed by atoms with Crippen molar-refractivity contribution in [3.05, 3.63) is 60.8 Å². The van der Waals surface area contributed by atoms with E-state index < -0.39 is 12.1 Å². The Morgan fingerprint density at radius 1 is 1.21 bits per heavy atom. The molecule has 1 heterocycles. The van der Waals surface area contributed by atoms with Crippen LogP contribution in [0.25, 0.3) is 11.3 Å². The molecule has 0 spiro atoms. The fraction of sp³-hybridized carbons (Fsp3) is 0.167. The monoisotopic (exact) mass is 326 g/mol. The maximum absolute atomic E-state index is 11.7. The number of ether oxygens (including phenoxy) is 2. The number of amides is 1. The van der Waals surface area contributed by atoms with E-state index in [1.54, 1.807) is 31.3 Å². The molecule has 0 atom stereocenters. The van der Waals surface area contributed by atoms with Crippen LogP contribution in [0.1, 0.15) is 6.92 Å². The standard InChI is InChI=1S/C18H18N2O4/c1-13(2)17(21)23-11-10-20-18(22)24-15-7-5-6-14(12-15)16-8-3-4-9-19-16/h3-9,12H,1,10-11H2,2H3,(H,20,22). The summed E-state index contributed by atoms with van der Waals surface area (Å²) >= 11 is 0. The third-order valence-electron chi connectivity index (χ3n) is 2.96. The number of hydrogen-bond acceptors (Lipinski definition) is 5. The summed E-state index contributed by atoms with van der Waals surface area (Å²) in [6.45, 7) is 5.22. The van der Waals surface area contributed by atoms with E-state index >= 15 is 0 Å². The molecule has 0 radical (unpaired) electrons. The summed E-state index contributed by atoms with van der Waals surface area (Å²) in [4.78, 5) is 27.2. The van der Waals surface area contributed by atoms with E-state index in [2.05, 4.69) is 16.9 Å². The van der Waals surface area contributed by atoms with Gasteiger partial charge in [-0.3, -0.25) is 4.98 Å². The number of hydrogen-bond donors (Lipinski definition) is 1. The lowest BCUT2D eigenvalue weighted by atomic mass is 10.1. The van der Waals surface area contributed by atoms with Crippen LogP contribution in [0.4, 0.5) is 4.79 Å². The first-order chi connectivity index (χ1) is 11.6. The molecule has 0 saturated heterocycles. The lowest BCUT2D eigenvalue weighted by molar-refractivity contribution is -0.138. The highest BCUT2D eigenvalue weighted by molar-refractivity contribution is 5.86. The molecule has 0 bridgehead atoms. The van der Waals surface area contributed by atoms with Gasteiger partial charge in [-0.1, -0.05) is 24.8 Å². The molecule has 0 aliphatic rings. The number of esters is 1. The Labute approximate surface area is 140 Å². The molecule has 124 valence electrons. The van der Waals surface area contributed by atoms with Gasteiger partial charge in [-0.15, -0.1) is 0 Å². The van der Waals surface area contributed by atoms with E-state index in [-0.39, 0.29) is 13.2 Å². The molecule has 1 amide bonds. The lowest BCUT2D eigenvalue weighted by Crippen LogP contribution is -2.30. The van der Waals surface area contributed by atoms with Gasteiger partial charge in [-0.2, -0.15) is 0 Å². The molecule has 0 aliphatic carbocycles. The summed E-state index contributed by atoms with van der Waals surface area (Å²) in [5.41, 5.74) is 1.94. The fourth-order valence-electron chi connectivity index (χ4n) is 1.82. The Hall–Kier alpha value is -3.15. The number of pyridine rings is 1. The van der Waals surface area contributed by atoms with Crippen LogP contribution in [-0.4, -0.2) is 30.2 Å². The maximum Gasteiger partial charge on any atom is 0.412 e. The second-order valence-electron chi connectivity index (χ2n) is 4.98. The zero-order valence-electron chi connectivity index (χ0n) is 13.3. The molecule has 1 aromatic carbocycles. The molecule has 0 saturated carbocycles. The lowest BCUT2D eigenvalue weighted by Gasteiger charge is -2.08. The molecule has 24 heavy (non-hydrogen) atoms. The molecule has 6 nitrogen and oxygen atoms in total. The second kappa shape index (κ2) is 8.47. The first kappa shape index (κ1) is 17.2. The molecule has 1 N–H and O–H groups in total. The summed E-state index contributed by atoms with van der Waals surface area (Å²) < 4.78 is 10.1. The zero-order chi connectivity index (χ0) is 17.4. The van der Waals surface area contributed by atoms with E-state index in [1.165, 1.54) is 0 Å². The van der Waals surface area contributed by atoms with Crippen molar-refractivity contribution in [1.29, 1.82) is 0 Å². The van der Waals surface area contributed by atoms with Crippen molar-refractivity contribution in [2.24, 2.45) is 0 Å². The van der Waals surface area contributed by atoms with Gasteiger partial charge in [0.15, 0.2) is 0 Å². The van der Waals surface area contributed by atoms with Crippen LogP contribution in [0, 0.1) is 0 Å². The first-order valence-electron chi connectivity index (χ1n) is 7.36. The third kappa shape index (κ3) is 5.24. The highest BCUT2D eigenvalue weighted by Gasteiger charge is 2.07. The minimum atomic E-state index is -0.625. The molecule has 2 rings (SSSR count). The summed E-state index contributed by atoms with van der Waals surface area (Å²) in [7, 11) is 0. The van der Waals surface area contributed by atoms with E-state index in [4.69, 9.17) is 9.47 Å². The normalized spacial score (nSPS) is 9.88. The molecule has 0 fully saturated rings. The van der Waals surface area contributed by atoms with Gasteiger partial charge in [0.2, 0.25) is 0 Å². The Morgan fingerprint density at radius 3 is 2.75 bits per heavy atom. The van der Waals surface area contributed by atoms with Crippen LogP contribution in [0.5, 0.6) is 5.75 Å². The van der Waals surface area contributed by atoms with Crippen molar-refractivity contribution < 1.29 is 19.1 Å². The summed E-state index contributed by atoms with van der Waals surface area (Å²) in [5, 5.41) is 2.50. The maximum atomic E-state index is 11.7. The number of rotatable bonds is 6. The Morgan fingerprint density at radius 2 is 2.04 bits per heavy atom. The average molecular weight is 326 g/mol. The minimum absolute atomic E-state index is 0.0504. The number of nitrogens with zero attached hydrogens (tertiary/aromatic N) is 1. The Balaban J connectivity index is 1.84. The molecule has 0 aliphatic heterocycles. The van der Waals surface area contributed by atoms with Crippen LogP contribution in [0.2, 0.25) is 0 Å². The van der Waals surface area contributed by atoms with Crippen molar-refractivity contribution in [2.75, 3.05) is 13.2 Å². The highest BCUT2D eigenvalue weighted by Crippen LogP contribution is 2.21. The predicted molar refractivity (Wildman–Crippen MR) is 89.5 cm³/mol. The SMILES string of the molecule is C=C(C)C(=O)OCCNC(=O)Oc1cccc(-c2ccccn2)c1. The molecule has 2 aromatic rings. The largest absolute Gasteiger partial charge is 0.460 e. The molecular weight excluding hydrogens is 308 g/mol. The first-order valence-corrected chi connectivity index (χ1v) is 7.36. The summed E-state index contributed by atoms with van der Waals surface area (Å²) in [6, 6.07) is 12.6. The van der Waals surface area contributed by atoms with Crippen LogP contribution < -0.4 is 10.1 Å². The van der Waals surface area contributed by atoms with E-state index in [0.29, 0.717) is 11.3 Å². The van der Waals surface area contributed by atoms with Crippen molar-refractivity contribution in [3.63, 3.8) is 0 Å². The van der Waals surface area contributed by atoms with Gasteiger partial charge in [0.05, 0.1) is 12.2 Å². The molecule has 6 heteroatoms. The fourth-order valence-corrected chi connectivity index (χ4v) is 1.82. The topological polar surface area (TPSA) is 77.5 Å². The van der Waals surface area contributed by atoms with Gasteiger partial charge in [0, 0.05) is 17.3 Å². The number of carbonyl (C=O) groups is 2. The summed E-state index contributed by atoms with van der Waals surface area (Å²) in [5.74, 6) is -0.0946. The number of aromatic nitrogens is 1. The number of benzene rings is 1. The predicted octanol–water partition coefficient (Wildman–Crippen LogP) is 2.96. The van der Waals surface area contributed by atoms with E-state index in [0.717, 1.165) is 11.3 Å². The van der Waals surface area contributed by atoms with Crippen LogP contribution in [0.15, 0.2) is 60.8 Å². The molecule has 0 unspecified atom stereocenters. The van der Waals surface area contributed by atoms with Crippen LogP contribution >= 0.6 is 0 Å².